The molecule has 0 aliphatic carbocycles. The fourth-order valence-corrected chi connectivity index (χ4v) is 2.41. The van der Waals surface area contributed by atoms with Crippen molar-refractivity contribution in [1.82, 2.24) is 15.1 Å². The summed E-state index contributed by atoms with van der Waals surface area (Å²) in [5, 5.41) is 17.7. The molecule has 1 aliphatic rings. The Kier molecular flexibility index (Phi) is 4.39. The Balaban J connectivity index is 1.96. The van der Waals surface area contributed by atoms with Crippen LogP contribution in [0.25, 0.3) is 0 Å². The van der Waals surface area contributed by atoms with Crippen LogP contribution in [0, 0.1) is 3.70 Å². The molecule has 0 aromatic carbocycles. The summed E-state index contributed by atoms with van der Waals surface area (Å²) in [7, 11) is 0. The second kappa shape index (κ2) is 5.66. The summed E-state index contributed by atoms with van der Waals surface area (Å²) in [6, 6.07) is 3.99. The van der Waals surface area contributed by atoms with Gasteiger partial charge in [-0.15, -0.1) is 10.2 Å². The molecule has 0 bridgehead atoms. The summed E-state index contributed by atoms with van der Waals surface area (Å²) in [4.78, 5) is 4.57. The van der Waals surface area contributed by atoms with Crippen LogP contribution in [0.15, 0.2) is 12.1 Å². The molecule has 1 aromatic heterocycles. The van der Waals surface area contributed by atoms with Crippen LogP contribution in [0.5, 0.6) is 0 Å². The number of anilines is 1. The van der Waals surface area contributed by atoms with Crippen LogP contribution in [0.2, 0.25) is 0 Å². The first kappa shape index (κ1) is 14.0. The summed E-state index contributed by atoms with van der Waals surface area (Å²) >= 11 is 2.16. The topological polar surface area (TPSA) is 52.5 Å². The van der Waals surface area contributed by atoms with E-state index in [0.717, 1.165) is 35.7 Å². The lowest BCUT2D eigenvalue weighted by Gasteiger charge is -2.43. The van der Waals surface area contributed by atoms with Gasteiger partial charge in [-0.1, -0.05) is 0 Å². The van der Waals surface area contributed by atoms with Gasteiger partial charge in [0.05, 0.1) is 6.61 Å². The average molecular weight is 362 g/mol. The van der Waals surface area contributed by atoms with Crippen LogP contribution >= 0.6 is 22.6 Å². The largest absolute Gasteiger partial charge is 0.394 e. The van der Waals surface area contributed by atoms with Crippen molar-refractivity contribution < 1.29 is 5.11 Å². The predicted molar refractivity (Wildman–Crippen MR) is 79.7 cm³/mol. The van der Waals surface area contributed by atoms with Gasteiger partial charge in [0.2, 0.25) is 0 Å². The van der Waals surface area contributed by atoms with Crippen LogP contribution in [-0.2, 0) is 0 Å². The molecular weight excluding hydrogens is 343 g/mol. The molecule has 6 heteroatoms. The number of aromatic nitrogens is 2. The maximum Gasteiger partial charge on any atom is 0.151 e. The van der Waals surface area contributed by atoms with E-state index in [4.69, 9.17) is 0 Å². The Bertz CT molecular complexity index is 388. The molecule has 1 N–H and O–H groups in total. The molecule has 1 saturated heterocycles. The normalized spacial score (nSPS) is 18.1. The van der Waals surface area contributed by atoms with E-state index in [1.54, 1.807) is 0 Å². The highest BCUT2D eigenvalue weighted by molar-refractivity contribution is 14.1. The van der Waals surface area contributed by atoms with E-state index >= 15 is 0 Å². The minimum absolute atomic E-state index is 0.135. The summed E-state index contributed by atoms with van der Waals surface area (Å²) in [5.74, 6) is 0.942. The predicted octanol–water partition coefficient (Wildman–Crippen LogP) is 0.974. The molecular formula is C12H19IN4O. The first-order valence-electron chi connectivity index (χ1n) is 6.13. The number of halogens is 1. The molecule has 0 radical (unpaired) electrons. The van der Waals surface area contributed by atoms with Gasteiger partial charge >= 0.3 is 0 Å². The number of hydrogen-bond donors (Lipinski definition) is 1. The highest BCUT2D eigenvalue weighted by Gasteiger charge is 2.29. The van der Waals surface area contributed by atoms with Crippen LogP contribution in [0.3, 0.4) is 0 Å². The highest BCUT2D eigenvalue weighted by atomic mass is 127. The second-order valence-electron chi connectivity index (χ2n) is 5.16. The quantitative estimate of drug-likeness (QED) is 0.813. The molecule has 0 spiro atoms. The first-order chi connectivity index (χ1) is 8.53. The van der Waals surface area contributed by atoms with E-state index in [1.807, 2.05) is 12.1 Å². The Labute approximate surface area is 121 Å². The van der Waals surface area contributed by atoms with Crippen LogP contribution in [0.1, 0.15) is 13.8 Å². The van der Waals surface area contributed by atoms with Gasteiger partial charge in [-0.3, -0.25) is 4.90 Å². The number of piperazine rings is 1. The van der Waals surface area contributed by atoms with Gasteiger partial charge in [-0.2, -0.15) is 0 Å². The van der Waals surface area contributed by atoms with Gasteiger partial charge in [-0.25, -0.2) is 0 Å². The molecule has 18 heavy (non-hydrogen) atoms. The molecule has 2 heterocycles. The van der Waals surface area contributed by atoms with Gasteiger partial charge < -0.3 is 10.0 Å². The summed E-state index contributed by atoms with van der Waals surface area (Å²) < 4.78 is 0.913. The smallest absolute Gasteiger partial charge is 0.151 e. The number of nitrogens with zero attached hydrogens (tertiary/aromatic N) is 4. The zero-order chi connectivity index (χ0) is 13.2. The van der Waals surface area contributed by atoms with Crippen molar-refractivity contribution in [3.05, 3.63) is 15.8 Å². The maximum absolute atomic E-state index is 9.38. The zero-order valence-electron chi connectivity index (χ0n) is 10.8. The van der Waals surface area contributed by atoms with Gasteiger partial charge in [0, 0.05) is 31.7 Å². The minimum atomic E-state index is -0.135. The lowest BCUT2D eigenvalue weighted by molar-refractivity contribution is 0.0525. The molecule has 0 amide bonds. The van der Waals surface area contributed by atoms with E-state index in [-0.39, 0.29) is 12.1 Å². The molecule has 2 rings (SSSR count). The standard InChI is InChI=1S/C12H19IN4O/c1-12(2,9-18)17-7-5-16(6-8-17)11-4-3-10(13)14-15-11/h3-4,18H,5-9H2,1-2H3. The van der Waals surface area contributed by atoms with Crippen molar-refractivity contribution in [1.29, 1.82) is 0 Å². The lowest BCUT2D eigenvalue weighted by Crippen LogP contribution is -2.56. The third-order valence-corrected chi connectivity index (χ3v) is 4.04. The van der Waals surface area contributed by atoms with Crippen molar-refractivity contribution in [2.75, 3.05) is 37.7 Å². The number of aliphatic hydroxyl groups is 1. The summed E-state index contributed by atoms with van der Waals surface area (Å²) in [5.41, 5.74) is -0.135. The summed E-state index contributed by atoms with van der Waals surface area (Å²) in [6.45, 7) is 8.09. The highest BCUT2D eigenvalue weighted by Crippen LogP contribution is 2.19. The SMILES string of the molecule is CC(C)(CO)N1CCN(c2ccc(I)nn2)CC1. The van der Waals surface area contributed by atoms with E-state index < -0.39 is 0 Å². The Morgan fingerprint density at radius 1 is 1.22 bits per heavy atom. The maximum atomic E-state index is 9.38. The van der Waals surface area contributed by atoms with Gasteiger partial charge in [0.1, 0.15) is 3.70 Å². The van der Waals surface area contributed by atoms with Gasteiger partial charge in [0.15, 0.2) is 5.82 Å². The average Bonchev–Trinajstić information content (AvgIpc) is 2.40. The first-order valence-corrected chi connectivity index (χ1v) is 7.21. The Morgan fingerprint density at radius 2 is 1.89 bits per heavy atom. The molecule has 0 atom stereocenters. The van der Waals surface area contributed by atoms with E-state index in [9.17, 15) is 5.11 Å². The number of hydrogen-bond acceptors (Lipinski definition) is 5. The number of rotatable bonds is 3. The van der Waals surface area contributed by atoms with E-state index in [0.29, 0.717) is 0 Å². The number of aliphatic hydroxyl groups excluding tert-OH is 1. The third kappa shape index (κ3) is 3.10. The van der Waals surface area contributed by atoms with Crippen molar-refractivity contribution in [2.45, 2.75) is 19.4 Å². The molecule has 0 saturated carbocycles. The van der Waals surface area contributed by atoms with E-state index in [1.165, 1.54) is 0 Å². The monoisotopic (exact) mass is 362 g/mol. The molecule has 5 nitrogen and oxygen atoms in total. The molecule has 1 aliphatic heterocycles. The van der Waals surface area contributed by atoms with Gasteiger partial charge in [-0.05, 0) is 48.6 Å². The van der Waals surface area contributed by atoms with Crippen molar-refractivity contribution in [3.63, 3.8) is 0 Å². The Morgan fingerprint density at radius 3 is 2.39 bits per heavy atom. The van der Waals surface area contributed by atoms with Crippen LogP contribution in [0.4, 0.5) is 5.82 Å². The van der Waals surface area contributed by atoms with Crippen molar-refractivity contribution in [3.8, 4) is 0 Å². The Hall–Kier alpha value is -0.470. The molecule has 1 aromatic rings. The second-order valence-corrected chi connectivity index (χ2v) is 6.26. The van der Waals surface area contributed by atoms with Crippen molar-refractivity contribution in [2.24, 2.45) is 0 Å². The fourth-order valence-electron chi connectivity index (χ4n) is 2.12. The third-order valence-electron chi connectivity index (χ3n) is 3.46. The molecule has 1 fully saturated rings. The zero-order valence-corrected chi connectivity index (χ0v) is 13.0. The minimum Gasteiger partial charge on any atom is -0.394 e. The lowest BCUT2D eigenvalue weighted by atomic mass is 10.0. The van der Waals surface area contributed by atoms with Crippen LogP contribution < -0.4 is 4.90 Å². The fraction of sp³-hybridized carbons (Fsp3) is 0.667. The summed E-state index contributed by atoms with van der Waals surface area (Å²) in [6.07, 6.45) is 0. The van der Waals surface area contributed by atoms with Crippen LogP contribution in [-0.4, -0.2) is 58.5 Å². The van der Waals surface area contributed by atoms with E-state index in [2.05, 4.69) is 56.4 Å². The van der Waals surface area contributed by atoms with Gasteiger partial charge in [0.25, 0.3) is 0 Å². The molecule has 0 unspecified atom stereocenters. The van der Waals surface area contributed by atoms with Crippen molar-refractivity contribution >= 4 is 28.4 Å². The molecule has 100 valence electrons.